The molecule has 22 heteroatoms. The zero-order chi connectivity index (χ0) is 41.9. The van der Waals surface area contributed by atoms with Crippen LogP contribution in [0.15, 0.2) is 105 Å². The van der Waals surface area contributed by atoms with Gasteiger partial charge in [-0.25, -0.2) is 16.8 Å². The summed E-state index contributed by atoms with van der Waals surface area (Å²) in [5.74, 6) is -1.58. The lowest BCUT2D eigenvalue weighted by Crippen LogP contribution is -2.40. The number of benzene rings is 4. The molecular weight excluding hydrogens is 841 g/mol. The van der Waals surface area contributed by atoms with Gasteiger partial charge in [-0.3, -0.25) is 18.7 Å². The maximum absolute atomic E-state index is 13.1. The molecule has 2 saturated heterocycles. The van der Waals surface area contributed by atoms with Crippen molar-refractivity contribution >= 4 is 75.6 Å². The van der Waals surface area contributed by atoms with E-state index in [0.29, 0.717) is 0 Å². The highest BCUT2D eigenvalue weighted by Gasteiger charge is 2.29. The number of morpholine rings is 2. The third kappa shape index (κ3) is 9.86. The molecule has 0 aromatic heterocycles. The molecule has 2 aliphatic rings. The minimum atomic E-state index is -4.96. The van der Waals surface area contributed by atoms with Crippen molar-refractivity contribution in [3.05, 3.63) is 107 Å². The van der Waals surface area contributed by atoms with Gasteiger partial charge in [0.15, 0.2) is 0 Å². The lowest BCUT2D eigenvalue weighted by molar-refractivity contribution is 0.0730. The van der Waals surface area contributed by atoms with Crippen LogP contribution in [0.4, 0.5) is 11.4 Å². The first-order valence-corrected chi connectivity index (χ1v) is 23.0. The van der Waals surface area contributed by atoms with E-state index in [1.165, 1.54) is 81.4 Å². The van der Waals surface area contributed by atoms with Gasteiger partial charge in [-0.1, -0.05) is 36.4 Å². The third-order valence-electron chi connectivity index (χ3n) is 8.95. The third-order valence-corrected chi connectivity index (χ3v) is 14.6. The van der Waals surface area contributed by atoms with E-state index in [0.717, 1.165) is 24.3 Å². The van der Waals surface area contributed by atoms with E-state index < -0.39 is 61.9 Å². The van der Waals surface area contributed by atoms with Crippen LogP contribution in [0, 0.1) is 0 Å². The number of hydrogen-bond acceptors (Lipinski definition) is 12. The van der Waals surface area contributed by atoms with E-state index in [1.807, 2.05) is 0 Å². The van der Waals surface area contributed by atoms with E-state index in [1.54, 1.807) is 0 Å². The largest absolute Gasteiger partial charge is 0.379 e. The summed E-state index contributed by atoms with van der Waals surface area (Å²) in [6.45, 7) is 1.45. The molecule has 4 aromatic rings. The van der Waals surface area contributed by atoms with Crippen molar-refractivity contribution in [2.24, 2.45) is 0 Å². The highest BCUT2D eigenvalue weighted by molar-refractivity contribution is 7.89. The average Bonchev–Trinajstić information content (AvgIpc) is 3.20. The summed E-state index contributed by atoms with van der Waals surface area (Å²) >= 11 is 0. The SMILES string of the molecule is O=C(Nc1ccc(C=Cc2ccc(NC(=O)c3cccc(S(=O)(=O)N4CCOCC4)c3)cc2S(=O)(=O)O)c(S(=O)(=O)O)c1)c1cccc(S(=O)(=O)N2CCOCC2)c1. The number of anilines is 2. The molecule has 0 radical (unpaired) electrons. The highest BCUT2D eigenvalue weighted by atomic mass is 32.2. The predicted octanol–water partition coefficient (Wildman–Crippen LogP) is 2.90. The predicted molar refractivity (Wildman–Crippen MR) is 209 cm³/mol. The van der Waals surface area contributed by atoms with Gasteiger partial charge in [-0.05, 0) is 71.8 Å². The molecule has 0 aliphatic carbocycles. The fraction of sp³-hybridized carbons (Fsp3) is 0.222. The number of hydrogen-bond donors (Lipinski definition) is 4. The molecule has 0 saturated carbocycles. The number of rotatable bonds is 12. The Hall–Kier alpha value is -4.88. The van der Waals surface area contributed by atoms with Gasteiger partial charge < -0.3 is 20.1 Å². The monoisotopic (exact) mass is 876 g/mol. The standard InChI is InChI=1S/C36H36N4O14S4/c41-35(27-3-1-5-31(21-27)55(43,44)39-13-17-53-18-14-39)37-29-11-9-25(33(23-29)57(47,48)49)7-8-26-10-12-30(24-34(26)58(50,51)52)38-36(42)28-4-2-6-32(22-28)56(45,46)40-15-19-54-20-16-40/h1-12,21-24H,13-20H2,(H,37,41)(H,38,42)(H,47,48,49)(H,50,51,52). The maximum Gasteiger partial charge on any atom is 0.295 e. The van der Waals surface area contributed by atoms with Crippen molar-refractivity contribution < 1.29 is 61.8 Å². The molecule has 308 valence electrons. The summed E-state index contributed by atoms with van der Waals surface area (Å²) in [6.07, 6.45) is 2.24. The Labute approximate surface area is 334 Å². The molecule has 0 spiro atoms. The molecule has 2 aliphatic heterocycles. The first kappa shape index (κ1) is 42.7. The minimum absolute atomic E-state index is 0.0608. The molecule has 4 N–H and O–H groups in total. The topological polar surface area (TPSA) is 260 Å². The molecule has 58 heavy (non-hydrogen) atoms. The van der Waals surface area contributed by atoms with E-state index in [2.05, 4.69) is 10.6 Å². The zero-order valence-electron chi connectivity index (χ0n) is 30.2. The van der Waals surface area contributed by atoms with Crippen molar-refractivity contribution in [3.63, 3.8) is 0 Å². The van der Waals surface area contributed by atoms with E-state index in [9.17, 15) is 52.4 Å². The maximum atomic E-state index is 13.1. The molecule has 0 unspecified atom stereocenters. The number of ether oxygens (including phenoxy) is 2. The van der Waals surface area contributed by atoms with Crippen LogP contribution in [0.5, 0.6) is 0 Å². The van der Waals surface area contributed by atoms with Crippen molar-refractivity contribution in [3.8, 4) is 0 Å². The van der Waals surface area contributed by atoms with Crippen LogP contribution in [0.2, 0.25) is 0 Å². The van der Waals surface area contributed by atoms with E-state index >= 15 is 0 Å². The average molecular weight is 877 g/mol. The summed E-state index contributed by atoms with van der Waals surface area (Å²) in [6, 6.07) is 17.3. The second kappa shape index (κ2) is 17.1. The number of nitrogens with zero attached hydrogens (tertiary/aromatic N) is 2. The Bertz CT molecular complexity index is 2540. The fourth-order valence-corrected chi connectivity index (χ4v) is 10.3. The van der Waals surface area contributed by atoms with Gasteiger partial charge in [0.1, 0.15) is 9.79 Å². The van der Waals surface area contributed by atoms with Crippen molar-refractivity contribution in [2.75, 3.05) is 63.2 Å². The Morgan fingerprint density at radius 3 is 1.24 bits per heavy atom. The lowest BCUT2D eigenvalue weighted by Gasteiger charge is -2.26. The first-order valence-electron chi connectivity index (χ1n) is 17.2. The van der Waals surface area contributed by atoms with E-state index in [-0.39, 0.29) is 96.0 Å². The van der Waals surface area contributed by atoms with E-state index in [4.69, 9.17) is 9.47 Å². The van der Waals surface area contributed by atoms with Crippen LogP contribution in [-0.2, 0) is 49.8 Å². The number of carbonyl (C=O) groups is 2. The fourth-order valence-electron chi connectivity index (χ4n) is 6.00. The second-order valence-electron chi connectivity index (χ2n) is 12.8. The number of sulfonamides is 2. The van der Waals surface area contributed by atoms with Gasteiger partial charge in [0, 0.05) is 48.7 Å². The molecule has 0 bridgehead atoms. The molecule has 0 atom stereocenters. The summed E-state index contributed by atoms with van der Waals surface area (Å²) in [7, 11) is -17.8. The molecule has 2 heterocycles. The summed E-state index contributed by atoms with van der Waals surface area (Å²) in [4.78, 5) is 24.6. The number of carbonyl (C=O) groups excluding carboxylic acids is 2. The van der Waals surface area contributed by atoms with Crippen LogP contribution >= 0.6 is 0 Å². The molecule has 2 fully saturated rings. The summed E-state index contributed by atoms with van der Waals surface area (Å²) < 4.78 is 135. The van der Waals surface area contributed by atoms with Gasteiger partial charge >= 0.3 is 0 Å². The van der Waals surface area contributed by atoms with Crippen molar-refractivity contribution in [2.45, 2.75) is 19.6 Å². The minimum Gasteiger partial charge on any atom is -0.379 e. The molecular formula is C36H36N4O14S4. The lowest BCUT2D eigenvalue weighted by atomic mass is 10.1. The molecule has 18 nitrogen and oxygen atoms in total. The smallest absolute Gasteiger partial charge is 0.295 e. The summed E-state index contributed by atoms with van der Waals surface area (Å²) in [5.41, 5.74) is -0.642. The number of nitrogens with one attached hydrogen (secondary N) is 2. The Morgan fingerprint density at radius 1 is 0.534 bits per heavy atom. The van der Waals surface area contributed by atoms with Crippen molar-refractivity contribution in [1.29, 1.82) is 0 Å². The van der Waals surface area contributed by atoms with Gasteiger partial charge in [0.25, 0.3) is 32.1 Å². The normalized spacial score (nSPS) is 16.2. The van der Waals surface area contributed by atoms with Crippen molar-refractivity contribution in [1.82, 2.24) is 8.61 Å². The van der Waals surface area contributed by atoms with Gasteiger partial charge in [-0.2, -0.15) is 25.4 Å². The number of amides is 2. The van der Waals surface area contributed by atoms with Gasteiger partial charge in [-0.15, -0.1) is 0 Å². The van der Waals surface area contributed by atoms with Crippen LogP contribution in [0.3, 0.4) is 0 Å². The molecule has 2 amide bonds. The summed E-state index contributed by atoms with van der Waals surface area (Å²) in [5, 5.41) is 4.93. The van der Waals surface area contributed by atoms with Crippen LogP contribution < -0.4 is 10.6 Å². The quantitative estimate of drug-likeness (QED) is 0.118. The highest BCUT2D eigenvalue weighted by Crippen LogP contribution is 2.28. The molecule has 4 aromatic carbocycles. The Morgan fingerprint density at radius 2 is 0.897 bits per heavy atom. The van der Waals surface area contributed by atoms with Gasteiger partial charge in [0.05, 0.1) is 36.2 Å². The zero-order valence-corrected chi connectivity index (χ0v) is 33.5. The first-order chi connectivity index (χ1) is 27.3. The van der Waals surface area contributed by atoms with Crippen LogP contribution in [-0.4, -0.2) is 116 Å². The van der Waals surface area contributed by atoms with Gasteiger partial charge in [0.2, 0.25) is 20.0 Å². The Kier molecular flexibility index (Phi) is 12.6. The second-order valence-corrected chi connectivity index (χ2v) is 19.4. The Balaban J connectivity index is 1.21. The van der Waals surface area contributed by atoms with Crippen LogP contribution in [0.1, 0.15) is 31.8 Å². The molecule has 6 rings (SSSR count). The van der Waals surface area contributed by atoms with Crippen LogP contribution in [0.25, 0.3) is 12.2 Å².